The largest absolute Gasteiger partial charge is 0.389 e. The van der Waals surface area contributed by atoms with Crippen LogP contribution in [0.4, 0.5) is 8.78 Å². The SMILES string of the molecule is CCCCN1CC(C(=O)N[C@@H](Cc2cc(F)cc(F)c2)[C@H](O)C(N)CNCC(=O)N2CCCCC2)CC1=O. The zero-order valence-electron chi connectivity index (χ0n) is 22.1. The summed E-state index contributed by atoms with van der Waals surface area (Å²) in [4.78, 5) is 41.3. The van der Waals surface area contributed by atoms with E-state index in [1.165, 1.54) is 0 Å². The highest BCUT2D eigenvalue weighted by Crippen LogP contribution is 2.20. The van der Waals surface area contributed by atoms with Gasteiger partial charge in [0.05, 0.1) is 24.6 Å². The first-order valence-electron chi connectivity index (χ1n) is 13.6. The number of carbonyl (C=O) groups is 3. The van der Waals surface area contributed by atoms with E-state index in [1.807, 2.05) is 6.92 Å². The van der Waals surface area contributed by atoms with Crippen LogP contribution in [-0.2, 0) is 20.8 Å². The second-order valence-corrected chi connectivity index (χ2v) is 10.4. The van der Waals surface area contributed by atoms with Crippen LogP contribution in [0.5, 0.6) is 0 Å². The smallest absolute Gasteiger partial charge is 0.236 e. The van der Waals surface area contributed by atoms with Crippen LogP contribution in [0.3, 0.4) is 0 Å². The van der Waals surface area contributed by atoms with Crippen LogP contribution in [0.2, 0.25) is 0 Å². The first kappa shape index (κ1) is 29.9. The number of hydrogen-bond donors (Lipinski definition) is 4. The summed E-state index contributed by atoms with van der Waals surface area (Å²) < 4.78 is 27.7. The Kier molecular flexibility index (Phi) is 11.4. The zero-order valence-corrected chi connectivity index (χ0v) is 22.1. The number of aliphatic hydroxyl groups excluding tert-OH is 1. The number of rotatable bonds is 13. The number of nitrogens with one attached hydrogen (secondary N) is 2. The fraction of sp³-hybridized carbons (Fsp3) is 0.667. The molecule has 1 aromatic carbocycles. The Labute approximate surface area is 223 Å². The van der Waals surface area contributed by atoms with Crippen LogP contribution >= 0.6 is 0 Å². The molecule has 1 aromatic rings. The van der Waals surface area contributed by atoms with E-state index < -0.39 is 41.6 Å². The van der Waals surface area contributed by atoms with Crippen LogP contribution in [0.25, 0.3) is 0 Å². The summed E-state index contributed by atoms with van der Waals surface area (Å²) in [6, 6.07) is 1.19. The maximum atomic E-state index is 13.8. The molecule has 9 nitrogen and oxygen atoms in total. The third-order valence-corrected chi connectivity index (χ3v) is 7.29. The van der Waals surface area contributed by atoms with E-state index in [4.69, 9.17) is 5.73 Å². The summed E-state index contributed by atoms with van der Waals surface area (Å²) in [5.41, 5.74) is 6.47. The summed E-state index contributed by atoms with van der Waals surface area (Å²) >= 11 is 0. The lowest BCUT2D eigenvalue weighted by atomic mass is 9.95. The third kappa shape index (κ3) is 8.71. The van der Waals surface area contributed by atoms with Crippen molar-refractivity contribution in [1.29, 1.82) is 0 Å². The molecule has 4 atom stereocenters. The number of halogens is 2. The Balaban J connectivity index is 1.62. The molecule has 38 heavy (non-hydrogen) atoms. The number of nitrogens with zero attached hydrogens (tertiary/aromatic N) is 2. The number of aliphatic hydroxyl groups is 1. The van der Waals surface area contributed by atoms with Gasteiger partial charge in [0.15, 0.2) is 0 Å². The Morgan fingerprint density at radius 2 is 1.84 bits per heavy atom. The molecule has 0 aromatic heterocycles. The van der Waals surface area contributed by atoms with Crippen molar-refractivity contribution < 1.29 is 28.3 Å². The van der Waals surface area contributed by atoms with Gasteiger partial charge in [-0.05, 0) is 49.8 Å². The van der Waals surface area contributed by atoms with Crippen molar-refractivity contribution >= 4 is 17.7 Å². The Bertz CT molecular complexity index is 939. The number of unbranched alkanes of at least 4 members (excludes halogenated alkanes) is 1. The summed E-state index contributed by atoms with van der Waals surface area (Å²) in [5.74, 6) is -2.68. The second-order valence-electron chi connectivity index (χ2n) is 10.4. The van der Waals surface area contributed by atoms with Gasteiger partial charge in [-0.25, -0.2) is 8.78 Å². The van der Waals surface area contributed by atoms with Gasteiger partial charge >= 0.3 is 0 Å². The van der Waals surface area contributed by atoms with E-state index in [9.17, 15) is 28.3 Å². The Morgan fingerprint density at radius 1 is 1.16 bits per heavy atom. The molecule has 2 aliphatic rings. The molecule has 0 aliphatic carbocycles. The molecular formula is C27H41F2N5O4. The molecule has 11 heteroatoms. The molecule has 2 aliphatic heterocycles. The monoisotopic (exact) mass is 537 g/mol. The first-order chi connectivity index (χ1) is 18.2. The molecule has 0 radical (unpaired) electrons. The minimum Gasteiger partial charge on any atom is -0.389 e. The molecule has 0 saturated carbocycles. The molecule has 2 saturated heterocycles. The number of likely N-dealkylation sites (tertiary alicyclic amines) is 2. The number of piperidine rings is 1. The summed E-state index contributed by atoms with van der Waals surface area (Å²) in [6.45, 7) is 4.52. The quantitative estimate of drug-likeness (QED) is 0.297. The standard InChI is InChI=1S/C27H41F2N5O4/c1-2-3-7-34-17-19(13-24(34)35)27(38)32-23(12-18-10-20(28)14-21(29)11-18)26(37)22(30)15-31-16-25(36)33-8-5-4-6-9-33/h10-11,14,19,22-23,26,31,37H,2-9,12-13,15-17,30H2,1H3,(H,32,38)/t19?,22?,23-,26+/m0/s1. The number of nitrogens with two attached hydrogens (primary N) is 1. The topological polar surface area (TPSA) is 128 Å². The average molecular weight is 538 g/mol. The second kappa shape index (κ2) is 14.5. The van der Waals surface area contributed by atoms with Gasteiger partial charge in [0.2, 0.25) is 17.7 Å². The first-order valence-corrected chi connectivity index (χ1v) is 13.6. The molecule has 2 fully saturated rings. The van der Waals surface area contributed by atoms with Crippen molar-refractivity contribution in [1.82, 2.24) is 20.4 Å². The highest BCUT2D eigenvalue weighted by Gasteiger charge is 2.36. The van der Waals surface area contributed by atoms with Crippen LogP contribution < -0.4 is 16.4 Å². The fourth-order valence-electron chi connectivity index (χ4n) is 5.07. The Hall–Kier alpha value is -2.63. The van der Waals surface area contributed by atoms with Gasteiger partial charge in [-0.1, -0.05) is 13.3 Å². The average Bonchev–Trinajstić information content (AvgIpc) is 3.26. The van der Waals surface area contributed by atoms with E-state index in [2.05, 4.69) is 10.6 Å². The summed E-state index contributed by atoms with van der Waals surface area (Å²) in [6.07, 6.45) is 3.56. The maximum Gasteiger partial charge on any atom is 0.236 e. The van der Waals surface area contributed by atoms with Crippen LogP contribution in [0.15, 0.2) is 18.2 Å². The van der Waals surface area contributed by atoms with Gasteiger partial charge in [0.25, 0.3) is 0 Å². The van der Waals surface area contributed by atoms with E-state index in [0.29, 0.717) is 6.54 Å². The van der Waals surface area contributed by atoms with Crippen molar-refractivity contribution in [3.8, 4) is 0 Å². The minimum absolute atomic E-state index is 0.0370. The van der Waals surface area contributed by atoms with Crippen molar-refractivity contribution in [3.63, 3.8) is 0 Å². The van der Waals surface area contributed by atoms with Gasteiger partial charge in [0.1, 0.15) is 11.6 Å². The number of hydrogen-bond acceptors (Lipinski definition) is 6. The van der Waals surface area contributed by atoms with Crippen molar-refractivity contribution in [2.75, 3.05) is 39.3 Å². The molecule has 2 unspecified atom stereocenters. The molecule has 5 N–H and O–H groups in total. The molecule has 212 valence electrons. The van der Waals surface area contributed by atoms with E-state index >= 15 is 0 Å². The van der Waals surface area contributed by atoms with E-state index in [0.717, 1.165) is 63.4 Å². The van der Waals surface area contributed by atoms with Gasteiger partial charge in [0, 0.05) is 51.3 Å². The van der Waals surface area contributed by atoms with E-state index in [1.54, 1.807) is 9.80 Å². The summed E-state index contributed by atoms with van der Waals surface area (Å²) in [5, 5.41) is 16.8. The highest BCUT2D eigenvalue weighted by molar-refractivity contribution is 5.89. The van der Waals surface area contributed by atoms with Crippen molar-refractivity contribution in [2.45, 2.75) is 70.1 Å². The molecular weight excluding hydrogens is 496 g/mol. The van der Waals surface area contributed by atoms with Crippen LogP contribution in [0, 0.1) is 17.6 Å². The van der Waals surface area contributed by atoms with E-state index in [-0.39, 0.29) is 49.9 Å². The number of benzene rings is 1. The van der Waals surface area contributed by atoms with Crippen molar-refractivity contribution in [3.05, 3.63) is 35.4 Å². The highest BCUT2D eigenvalue weighted by atomic mass is 19.1. The van der Waals surface area contributed by atoms with Crippen LogP contribution in [-0.4, -0.2) is 90.1 Å². The van der Waals surface area contributed by atoms with Gasteiger partial charge in [-0.15, -0.1) is 0 Å². The molecule has 3 rings (SSSR count). The maximum absolute atomic E-state index is 13.8. The predicted octanol–water partition coefficient (Wildman–Crippen LogP) is 0.931. The minimum atomic E-state index is -1.28. The Morgan fingerprint density at radius 3 is 2.50 bits per heavy atom. The molecule has 0 spiro atoms. The lowest BCUT2D eigenvalue weighted by Crippen LogP contribution is -2.56. The number of amides is 3. The lowest BCUT2D eigenvalue weighted by molar-refractivity contribution is -0.131. The zero-order chi connectivity index (χ0) is 27.7. The number of carbonyl (C=O) groups excluding carboxylic acids is 3. The van der Waals surface area contributed by atoms with Crippen molar-refractivity contribution in [2.24, 2.45) is 11.7 Å². The van der Waals surface area contributed by atoms with Crippen LogP contribution in [0.1, 0.15) is 51.0 Å². The molecule has 3 amide bonds. The molecule has 2 heterocycles. The fourth-order valence-corrected chi connectivity index (χ4v) is 5.07. The normalized spacial score (nSPS) is 20.3. The lowest BCUT2D eigenvalue weighted by Gasteiger charge is -2.30. The summed E-state index contributed by atoms with van der Waals surface area (Å²) in [7, 11) is 0. The third-order valence-electron chi connectivity index (χ3n) is 7.29. The molecule has 0 bridgehead atoms. The van der Waals surface area contributed by atoms with Gasteiger partial charge < -0.3 is 31.3 Å². The van der Waals surface area contributed by atoms with Gasteiger partial charge in [-0.3, -0.25) is 14.4 Å². The predicted molar refractivity (Wildman–Crippen MR) is 139 cm³/mol. The van der Waals surface area contributed by atoms with Gasteiger partial charge in [-0.2, -0.15) is 0 Å².